The van der Waals surface area contributed by atoms with Gasteiger partial charge < -0.3 is 15.0 Å². The van der Waals surface area contributed by atoms with Crippen LogP contribution in [0.5, 0.6) is 0 Å². The molecule has 7 nitrogen and oxygen atoms in total. The molecule has 2 amide bonds. The van der Waals surface area contributed by atoms with Gasteiger partial charge in [-0.1, -0.05) is 6.07 Å². The number of anilines is 1. The smallest absolute Gasteiger partial charge is 0.416 e. The van der Waals surface area contributed by atoms with Crippen LogP contribution < -0.4 is 5.32 Å². The second kappa shape index (κ2) is 10.2. The molecule has 0 unspecified atom stereocenters. The first-order valence-corrected chi connectivity index (χ1v) is 11.4. The number of pyridine rings is 1. The number of aryl methyl sites for hydroxylation is 2. The van der Waals surface area contributed by atoms with Crippen LogP contribution in [0.1, 0.15) is 53.4 Å². The molecular formula is C25H31F3N4O3. The van der Waals surface area contributed by atoms with E-state index in [2.05, 4.69) is 10.3 Å². The van der Waals surface area contributed by atoms with E-state index < -0.39 is 29.3 Å². The number of benzene rings is 1. The van der Waals surface area contributed by atoms with E-state index in [0.717, 1.165) is 17.2 Å². The van der Waals surface area contributed by atoms with Gasteiger partial charge in [-0.25, -0.2) is 9.78 Å². The topological polar surface area (TPSA) is 74.8 Å². The molecule has 1 aromatic carbocycles. The maximum absolute atomic E-state index is 13.9. The Morgan fingerprint density at radius 3 is 2.26 bits per heavy atom. The summed E-state index contributed by atoms with van der Waals surface area (Å²) in [5.74, 6) is -0.387. The Labute approximate surface area is 203 Å². The molecule has 1 aromatic heterocycles. The summed E-state index contributed by atoms with van der Waals surface area (Å²) >= 11 is 0. The van der Waals surface area contributed by atoms with E-state index in [1.54, 1.807) is 37.9 Å². The van der Waals surface area contributed by atoms with Gasteiger partial charge in [0, 0.05) is 44.5 Å². The van der Waals surface area contributed by atoms with Crippen LogP contribution in [0.3, 0.4) is 0 Å². The number of rotatable bonds is 4. The summed E-state index contributed by atoms with van der Waals surface area (Å²) in [5.41, 5.74) is 0.359. The molecule has 0 aliphatic carbocycles. The third-order valence-corrected chi connectivity index (χ3v) is 5.71. The molecule has 3 rings (SSSR count). The van der Waals surface area contributed by atoms with Crippen molar-refractivity contribution in [3.63, 3.8) is 0 Å². The lowest BCUT2D eigenvalue weighted by Gasteiger charge is -2.36. The number of hydrogen-bond acceptors (Lipinski definition) is 5. The monoisotopic (exact) mass is 492 g/mol. The highest BCUT2D eigenvalue weighted by molar-refractivity contribution is 6.04. The Balaban J connectivity index is 1.70. The molecule has 1 aliphatic rings. The van der Waals surface area contributed by atoms with Crippen molar-refractivity contribution in [2.75, 3.05) is 31.5 Å². The number of alkyl halides is 3. The van der Waals surface area contributed by atoms with Crippen molar-refractivity contribution in [2.24, 2.45) is 0 Å². The van der Waals surface area contributed by atoms with Gasteiger partial charge in [0.25, 0.3) is 5.91 Å². The lowest BCUT2D eigenvalue weighted by Crippen LogP contribution is -2.49. The first-order chi connectivity index (χ1) is 16.2. The number of carbonyl (C=O) groups is 2. The Kier molecular flexibility index (Phi) is 7.74. The summed E-state index contributed by atoms with van der Waals surface area (Å²) in [4.78, 5) is 32.4. The van der Waals surface area contributed by atoms with Crippen molar-refractivity contribution < 1.29 is 27.5 Å². The third-order valence-electron chi connectivity index (χ3n) is 5.71. The summed E-state index contributed by atoms with van der Waals surface area (Å²) in [7, 11) is 0. The van der Waals surface area contributed by atoms with E-state index in [1.807, 2.05) is 18.7 Å². The zero-order valence-electron chi connectivity index (χ0n) is 20.6. The van der Waals surface area contributed by atoms with Gasteiger partial charge in [0.05, 0.1) is 5.56 Å². The summed E-state index contributed by atoms with van der Waals surface area (Å²) in [5, 5.41) is 2.56. The van der Waals surface area contributed by atoms with Gasteiger partial charge in [-0.2, -0.15) is 13.2 Å². The lowest BCUT2D eigenvalue weighted by molar-refractivity contribution is -0.138. The maximum atomic E-state index is 13.9. The molecule has 0 spiro atoms. The average molecular weight is 493 g/mol. The Hall–Kier alpha value is -3.14. The Morgan fingerprint density at radius 2 is 1.69 bits per heavy atom. The molecule has 1 N–H and O–H groups in total. The van der Waals surface area contributed by atoms with E-state index in [4.69, 9.17) is 4.74 Å². The number of nitrogens with zero attached hydrogens (tertiary/aromatic N) is 3. The number of carbonyl (C=O) groups excluding carboxylic acids is 2. The molecule has 0 saturated carbocycles. The van der Waals surface area contributed by atoms with Crippen LogP contribution in [-0.4, -0.2) is 58.6 Å². The molecule has 2 heterocycles. The predicted octanol–water partition coefficient (Wildman–Crippen LogP) is 5.02. The highest BCUT2D eigenvalue weighted by Gasteiger charge is 2.35. The van der Waals surface area contributed by atoms with Crippen LogP contribution in [0.4, 0.5) is 23.8 Å². The molecule has 0 radical (unpaired) electrons. The van der Waals surface area contributed by atoms with Gasteiger partial charge in [-0.15, -0.1) is 0 Å². The van der Waals surface area contributed by atoms with E-state index in [9.17, 15) is 22.8 Å². The number of aromatic nitrogens is 1. The lowest BCUT2D eigenvalue weighted by atomic mass is 10.0. The van der Waals surface area contributed by atoms with Crippen LogP contribution in [0.25, 0.3) is 0 Å². The van der Waals surface area contributed by atoms with Gasteiger partial charge >= 0.3 is 12.3 Å². The standard InChI is InChI=1S/C25H31F3N4O3/c1-16-12-21(29-14-17(16)2)30-22(33)18-6-7-19(20(13-18)25(26,27)28)15-31-8-10-32(11-9-31)23(34)35-24(3,4)5/h6-7,12-14H,8-11,15H2,1-5H3,(H,29,30,33). The number of amides is 2. The van der Waals surface area contributed by atoms with E-state index in [-0.39, 0.29) is 23.5 Å². The Morgan fingerprint density at radius 1 is 1.03 bits per heavy atom. The Bertz CT molecular complexity index is 1090. The summed E-state index contributed by atoms with van der Waals surface area (Å²) in [6, 6.07) is 5.27. The fraction of sp³-hybridized carbons (Fsp3) is 0.480. The highest BCUT2D eigenvalue weighted by Crippen LogP contribution is 2.33. The van der Waals surface area contributed by atoms with Crippen molar-refractivity contribution in [2.45, 2.75) is 52.9 Å². The quantitative estimate of drug-likeness (QED) is 0.649. The number of halogens is 3. The average Bonchev–Trinajstić information content (AvgIpc) is 2.75. The van der Waals surface area contributed by atoms with E-state index in [1.165, 1.54) is 12.1 Å². The first kappa shape index (κ1) is 26.5. The summed E-state index contributed by atoms with van der Waals surface area (Å²) in [6.45, 7) is 10.7. The normalized spacial score (nSPS) is 15.1. The molecule has 35 heavy (non-hydrogen) atoms. The van der Waals surface area contributed by atoms with Crippen LogP contribution >= 0.6 is 0 Å². The minimum atomic E-state index is -4.62. The third kappa shape index (κ3) is 7.17. The minimum Gasteiger partial charge on any atom is -0.444 e. The molecule has 0 atom stereocenters. The van der Waals surface area contributed by atoms with Crippen molar-refractivity contribution in [3.05, 3.63) is 58.3 Å². The van der Waals surface area contributed by atoms with Gasteiger partial charge in [-0.05, 0) is 69.5 Å². The first-order valence-electron chi connectivity index (χ1n) is 11.4. The molecular weight excluding hydrogens is 461 g/mol. The number of hydrogen-bond donors (Lipinski definition) is 1. The summed E-state index contributed by atoms with van der Waals surface area (Å²) < 4.78 is 47.0. The fourth-order valence-corrected chi connectivity index (χ4v) is 3.66. The van der Waals surface area contributed by atoms with Crippen LogP contribution in [0.2, 0.25) is 0 Å². The molecule has 10 heteroatoms. The molecule has 2 aromatic rings. The van der Waals surface area contributed by atoms with Crippen LogP contribution in [0.15, 0.2) is 30.5 Å². The number of piperazine rings is 1. The molecule has 190 valence electrons. The van der Waals surface area contributed by atoms with Gasteiger partial charge in [0.2, 0.25) is 0 Å². The zero-order chi connectivity index (χ0) is 26.0. The number of ether oxygens (including phenoxy) is 1. The fourth-order valence-electron chi connectivity index (χ4n) is 3.66. The van der Waals surface area contributed by atoms with Crippen molar-refractivity contribution >= 4 is 17.8 Å². The second-order valence-corrected chi connectivity index (χ2v) is 9.72. The van der Waals surface area contributed by atoms with Gasteiger partial charge in [0.1, 0.15) is 11.4 Å². The highest BCUT2D eigenvalue weighted by atomic mass is 19.4. The largest absolute Gasteiger partial charge is 0.444 e. The van der Waals surface area contributed by atoms with Gasteiger partial charge in [0.15, 0.2) is 0 Å². The van der Waals surface area contributed by atoms with E-state index >= 15 is 0 Å². The van der Waals surface area contributed by atoms with E-state index in [0.29, 0.717) is 26.2 Å². The summed E-state index contributed by atoms with van der Waals surface area (Å²) in [6.07, 6.45) is -3.46. The van der Waals surface area contributed by atoms with Crippen LogP contribution in [-0.2, 0) is 17.5 Å². The maximum Gasteiger partial charge on any atom is 0.416 e. The second-order valence-electron chi connectivity index (χ2n) is 9.72. The molecule has 1 saturated heterocycles. The number of nitrogens with one attached hydrogen (secondary N) is 1. The van der Waals surface area contributed by atoms with Crippen molar-refractivity contribution in [1.82, 2.24) is 14.8 Å². The molecule has 1 fully saturated rings. The zero-order valence-corrected chi connectivity index (χ0v) is 20.6. The van der Waals surface area contributed by atoms with Crippen molar-refractivity contribution in [1.29, 1.82) is 0 Å². The van der Waals surface area contributed by atoms with Crippen molar-refractivity contribution in [3.8, 4) is 0 Å². The van der Waals surface area contributed by atoms with Gasteiger partial charge in [-0.3, -0.25) is 9.69 Å². The molecule has 0 bridgehead atoms. The SMILES string of the molecule is Cc1cnc(NC(=O)c2ccc(CN3CCN(C(=O)OC(C)(C)C)CC3)c(C(F)(F)F)c2)cc1C. The minimum absolute atomic E-state index is 0.0532. The molecule has 1 aliphatic heterocycles. The van der Waals surface area contributed by atoms with Crippen LogP contribution in [0, 0.1) is 13.8 Å². The predicted molar refractivity (Wildman–Crippen MR) is 126 cm³/mol.